The van der Waals surface area contributed by atoms with Gasteiger partial charge in [0.05, 0.1) is 0 Å². The van der Waals surface area contributed by atoms with Crippen molar-refractivity contribution >= 4 is 5.69 Å². The fourth-order valence-electron chi connectivity index (χ4n) is 1.55. The summed E-state index contributed by atoms with van der Waals surface area (Å²) in [6, 6.07) is 11.9. The number of ether oxygens (including phenoxy) is 1. The summed E-state index contributed by atoms with van der Waals surface area (Å²) in [5.41, 5.74) is 8.15. The number of nitrogens with two attached hydrogens (primary N) is 1. The highest BCUT2D eigenvalue weighted by Crippen LogP contribution is 2.17. The Kier molecular flexibility index (Phi) is 3.28. The summed E-state index contributed by atoms with van der Waals surface area (Å²) in [5, 5.41) is 0. The largest absolute Gasteiger partial charge is 0.489 e. The van der Waals surface area contributed by atoms with E-state index in [1.807, 2.05) is 19.1 Å². The average molecular weight is 231 g/mol. The van der Waals surface area contributed by atoms with Crippen LogP contribution in [0.25, 0.3) is 0 Å². The summed E-state index contributed by atoms with van der Waals surface area (Å²) >= 11 is 0. The van der Waals surface area contributed by atoms with Crippen molar-refractivity contribution in [3.63, 3.8) is 0 Å². The third-order valence-corrected chi connectivity index (χ3v) is 2.58. The van der Waals surface area contributed by atoms with E-state index in [1.165, 1.54) is 12.1 Å². The molecule has 0 saturated heterocycles. The molecule has 2 nitrogen and oxygen atoms in total. The van der Waals surface area contributed by atoms with E-state index in [2.05, 4.69) is 0 Å². The van der Waals surface area contributed by atoms with Crippen LogP contribution in [0.1, 0.15) is 11.1 Å². The zero-order chi connectivity index (χ0) is 12.3. The maximum absolute atomic E-state index is 12.9. The standard InChI is InChI=1S/C14H14FNO/c1-10-8-12(15)3-2-11(10)9-17-14-6-4-13(16)5-7-14/h2-8H,9,16H2,1H3. The van der Waals surface area contributed by atoms with Gasteiger partial charge in [-0.1, -0.05) is 6.07 Å². The molecule has 0 heterocycles. The first-order valence-electron chi connectivity index (χ1n) is 5.38. The smallest absolute Gasteiger partial charge is 0.123 e. The quantitative estimate of drug-likeness (QED) is 0.822. The van der Waals surface area contributed by atoms with E-state index in [0.29, 0.717) is 12.3 Å². The first-order valence-corrected chi connectivity index (χ1v) is 5.38. The average Bonchev–Trinajstić information content (AvgIpc) is 2.30. The molecule has 0 aliphatic heterocycles. The van der Waals surface area contributed by atoms with Crippen LogP contribution in [0.15, 0.2) is 42.5 Å². The molecular formula is C14H14FNO. The Balaban J connectivity index is 2.04. The molecule has 0 bridgehead atoms. The van der Waals surface area contributed by atoms with Gasteiger partial charge in [-0.3, -0.25) is 0 Å². The van der Waals surface area contributed by atoms with E-state index in [0.717, 1.165) is 16.9 Å². The Morgan fingerprint density at radius 3 is 2.47 bits per heavy atom. The van der Waals surface area contributed by atoms with Crippen molar-refractivity contribution in [1.82, 2.24) is 0 Å². The van der Waals surface area contributed by atoms with Gasteiger partial charge in [-0.25, -0.2) is 4.39 Å². The third-order valence-electron chi connectivity index (χ3n) is 2.58. The summed E-state index contributed by atoms with van der Waals surface area (Å²) in [7, 11) is 0. The normalized spacial score (nSPS) is 10.2. The Morgan fingerprint density at radius 2 is 1.82 bits per heavy atom. The van der Waals surface area contributed by atoms with Gasteiger partial charge in [0.25, 0.3) is 0 Å². The highest BCUT2D eigenvalue weighted by molar-refractivity contribution is 5.41. The van der Waals surface area contributed by atoms with Crippen LogP contribution in [0.3, 0.4) is 0 Å². The zero-order valence-corrected chi connectivity index (χ0v) is 9.61. The van der Waals surface area contributed by atoms with E-state index in [4.69, 9.17) is 10.5 Å². The molecule has 0 amide bonds. The molecule has 2 aromatic carbocycles. The lowest BCUT2D eigenvalue weighted by atomic mass is 10.1. The fraction of sp³-hybridized carbons (Fsp3) is 0.143. The van der Waals surface area contributed by atoms with Crippen molar-refractivity contribution in [3.8, 4) is 5.75 Å². The first kappa shape index (κ1) is 11.5. The molecule has 2 aromatic rings. The number of benzene rings is 2. The minimum Gasteiger partial charge on any atom is -0.489 e. The second kappa shape index (κ2) is 4.87. The Bertz CT molecular complexity index is 508. The molecule has 0 saturated carbocycles. The number of halogens is 1. The molecule has 2 N–H and O–H groups in total. The molecule has 3 heteroatoms. The van der Waals surface area contributed by atoms with Crippen molar-refractivity contribution in [3.05, 3.63) is 59.4 Å². The monoisotopic (exact) mass is 231 g/mol. The highest BCUT2D eigenvalue weighted by Gasteiger charge is 2.01. The topological polar surface area (TPSA) is 35.2 Å². The summed E-state index contributed by atoms with van der Waals surface area (Å²) in [4.78, 5) is 0. The lowest BCUT2D eigenvalue weighted by Gasteiger charge is -2.08. The maximum Gasteiger partial charge on any atom is 0.123 e. The molecule has 0 radical (unpaired) electrons. The third kappa shape index (κ3) is 2.97. The summed E-state index contributed by atoms with van der Waals surface area (Å²) in [5.74, 6) is 0.529. The van der Waals surface area contributed by atoms with Gasteiger partial charge in [-0.15, -0.1) is 0 Å². The van der Waals surface area contributed by atoms with Crippen LogP contribution in [0, 0.1) is 12.7 Å². The molecule has 88 valence electrons. The Labute approximate surface area is 99.8 Å². The molecule has 17 heavy (non-hydrogen) atoms. The van der Waals surface area contributed by atoms with Crippen LogP contribution in [-0.4, -0.2) is 0 Å². The molecular weight excluding hydrogens is 217 g/mol. The van der Waals surface area contributed by atoms with Gasteiger partial charge in [-0.2, -0.15) is 0 Å². The van der Waals surface area contributed by atoms with Gasteiger partial charge in [0, 0.05) is 5.69 Å². The highest BCUT2D eigenvalue weighted by atomic mass is 19.1. The van der Waals surface area contributed by atoms with Gasteiger partial charge in [0.15, 0.2) is 0 Å². The van der Waals surface area contributed by atoms with E-state index >= 15 is 0 Å². The maximum atomic E-state index is 12.9. The predicted molar refractivity (Wildman–Crippen MR) is 66.3 cm³/mol. The van der Waals surface area contributed by atoms with Crippen molar-refractivity contribution < 1.29 is 9.13 Å². The minimum atomic E-state index is -0.223. The summed E-state index contributed by atoms with van der Waals surface area (Å²) in [6.45, 7) is 2.29. The van der Waals surface area contributed by atoms with E-state index < -0.39 is 0 Å². The van der Waals surface area contributed by atoms with Crippen LogP contribution in [0.2, 0.25) is 0 Å². The SMILES string of the molecule is Cc1cc(F)ccc1COc1ccc(N)cc1. The van der Waals surface area contributed by atoms with Crippen LogP contribution in [0.5, 0.6) is 5.75 Å². The van der Waals surface area contributed by atoms with E-state index in [1.54, 1.807) is 18.2 Å². The second-order valence-corrected chi connectivity index (χ2v) is 3.93. The van der Waals surface area contributed by atoms with Crippen LogP contribution >= 0.6 is 0 Å². The fourth-order valence-corrected chi connectivity index (χ4v) is 1.55. The predicted octanol–water partition coefficient (Wildman–Crippen LogP) is 3.30. The van der Waals surface area contributed by atoms with E-state index in [9.17, 15) is 4.39 Å². The van der Waals surface area contributed by atoms with Gasteiger partial charge in [0.2, 0.25) is 0 Å². The molecule has 0 aliphatic rings. The number of aryl methyl sites for hydroxylation is 1. The molecule has 0 atom stereocenters. The summed E-state index contributed by atoms with van der Waals surface area (Å²) in [6.07, 6.45) is 0. The van der Waals surface area contributed by atoms with Crippen LogP contribution < -0.4 is 10.5 Å². The number of hydrogen-bond acceptors (Lipinski definition) is 2. The number of nitrogen functional groups attached to an aromatic ring is 1. The lowest BCUT2D eigenvalue weighted by Crippen LogP contribution is -1.98. The van der Waals surface area contributed by atoms with E-state index in [-0.39, 0.29) is 5.82 Å². The van der Waals surface area contributed by atoms with Crippen molar-refractivity contribution in [2.45, 2.75) is 13.5 Å². The van der Waals surface area contributed by atoms with Gasteiger partial charge in [0.1, 0.15) is 18.2 Å². The molecule has 2 rings (SSSR count). The molecule has 0 spiro atoms. The van der Waals surface area contributed by atoms with Gasteiger partial charge >= 0.3 is 0 Å². The van der Waals surface area contributed by atoms with Gasteiger partial charge in [-0.05, 0) is 54.4 Å². The number of anilines is 1. The molecule has 0 unspecified atom stereocenters. The molecule has 0 aliphatic carbocycles. The number of hydrogen-bond donors (Lipinski definition) is 1. The van der Waals surface area contributed by atoms with Crippen LogP contribution in [-0.2, 0) is 6.61 Å². The van der Waals surface area contributed by atoms with Crippen molar-refractivity contribution in [1.29, 1.82) is 0 Å². The Morgan fingerprint density at radius 1 is 1.12 bits per heavy atom. The molecule has 0 aromatic heterocycles. The number of rotatable bonds is 3. The van der Waals surface area contributed by atoms with Crippen molar-refractivity contribution in [2.24, 2.45) is 0 Å². The van der Waals surface area contributed by atoms with Crippen LogP contribution in [0.4, 0.5) is 10.1 Å². The minimum absolute atomic E-state index is 0.223. The first-order chi connectivity index (χ1) is 8.15. The summed E-state index contributed by atoms with van der Waals surface area (Å²) < 4.78 is 18.5. The zero-order valence-electron chi connectivity index (χ0n) is 9.61. The van der Waals surface area contributed by atoms with Crippen molar-refractivity contribution in [2.75, 3.05) is 5.73 Å². The lowest BCUT2D eigenvalue weighted by molar-refractivity contribution is 0.305. The second-order valence-electron chi connectivity index (χ2n) is 3.93. The van der Waals surface area contributed by atoms with Gasteiger partial charge < -0.3 is 10.5 Å². The molecule has 0 fully saturated rings. The Hall–Kier alpha value is -2.03.